The number of carbonyl (C=O) groups is 1. The van der Waals surface area contributed by atoms with Crippen molar-refractivity contribution in [1.29, 1.82) is 0 Å². The van der Waals surface area contributed by atoms with Crippen LogP contribution in [0.15, 0.2) is 48.5 Å². The van der Waals surface area contributed by atoms with Gasteiger partial charge in [0.05, 0.1) is 29.2 Å². The van der Waals surface area contributed by atoms with Gasteiger partial charge >= 0.3 is 0 Å². The Morgan fingerprint density at radius 2 is 1.81 bits per heavy atom. The number of aromatic amines is 1. The van der Waals surface area contributed by atoms with Gasteiger partial charge in [-0.2, -0.15) is 0 Å². The average Bonchev–Trinajstić information content (AvgIpc) is 3.45. The van der Waals surface area contributed by atoms with Crippen molar-refractivity contribution in [3.8, 4) is 0 Å². The van der Waals surface area contributed by atoms with Gasteiger partial charge < -0.3 is 24.5 Å². The van der Waals surface area contributed by atoms with Crippen molar-refractivity contribution in [3.05, 3.63) is 59.7 Å². The van der Waals surface area contributed by atoms with Gasteiger partial charge in [0.1, 0.15) is 0 Å². The van der Waals surface area contributed by atoms with E-state index in [1.165, 1.54) is 5.39 Å². The Morgan fingerprint density at radius 1 is 1.06 bits per heavy atom. The molecule has 1 amide bonds. The fraction of sp³-hybridized carbons (Fsp3) is 0.269. The van der Waals surface area contributed by atoms with Gasteiger partial charge in [-0.05, 0) is 31.8 Å². The van der Waals surface area contributed by atoms with Gasteiger partial charge in [0.2, 0.25) is 0 Å². The number of nitrogens with one attached hydrogen (secondary N) is 2. The molecule has 0 radical (unpaired) electrons. The van der Waals surface area contributed by atoms with Crippen LogP contribution >= 0.6 is 0 Å². The summed E-state index contributed by atoms with van der Waals surface area (Å²) in [5.41, 5.74) is 6.28. The highest BCUT2D eigenvalue weighted by molar-refractivity contribution is 6.30. The lowest BCUT2D eigenvalue weighted by Gasteiger charge is -2.21. The third kappa shape index (κ3) is 2.63. The van der Waals surface area contributed by atoms with E-state index in [1.54, 1.807) is 7.11 Å². The van der Waals surface area contributed by atoms with Gasteiger partial charge in [-0.25, -0.2) is 0 Å². The minimum atomic E-state index is 0.0101. The molecule has 1 atom stereocenters. The number of nitrogens with zero attached hydrogens (tertiary/aromatic N) is 2. The Kier molecular flexibility index (Phi) is 4.28. The number of likely N-dealkylation sites (N-methyl/N-ethyl adjacent to an activating group) is 1. The van der Waals surface area contributed by atoms with Crippen molar-refractivity contribution in [2.45, 2.75) is 19.2 Å². The number of para-hydroxylation sites is 2. The molecule has 0 saturated heterocycles. The number of rotatable bonds is 5. The number of amides is 1. The first-order chi connectivity index (χ1) is 15.6. The highest BCUT2D eigenvalue weighted by atomic mass is 16.5. The maximum Gasteiger partial charge on any atom is 0.252 e. The van der Waals surface area contributed by atoms with Crippen molar-refractivity contribution in [2.24, 2.45) is 0 Å². The lowest BCUT2D eigenvalue weighted by Crippen LogP contribution is -2.31. The molecule has 1 unspecified atom stereocenters. The van der Waals surface area contributed by atoms with Crippen LogP contribution in [0.5, 0.6) is 0 Å². The molecule has 1 aliphatic heterocycles. The summed E-state index contributed by atoms with van der Waals surface area (Å²) in [6, 6.07) is 16.7. The molecule has 1 aliphatic rings. The van der Waals surface area contributed by atoms with E-state index in [0.29, 0.717) is 6.54 Å². The Morgan fingerprint density at radius 3 is 2.59 bits per heavy atom. The molecule has 0 saturated carbocycles. The summed E-state index contributed by atoms with van der Waals surface area (Å²) in [4.78, 5) is 18.8. The lowest BCUT2D eigenvalue weighted by atomic mass is 9.97. The van der Waals surface area contributed by atoms with Crippen molar-refractivity contribution >= 4 is 49.5 Å². The Hall–Kier alpha value is -3.35. The normalized spacial score (nSPS) is 14.8. The fourth-order valence-corrected chi connectivity index (χ4v) is 5.42. The zero-order valence-corrected chi connectivity index (χ0v) is 18.5. The second kappa shape index (κ2) is 7.08. The topological polar surface area (TPSA) is 62.3 Å². The van der Waals surface area contributed by atoms with Gasteiger partial charge in [0.15, 0.2) is 0 Å². The SMILES string of the molecule is COC(CN(C)C)Cn1c2ccccc2c2c3c(c4c5ccccc5[nH]c4c21)C(=O)NC3. The molecule has 0 fully saturated rings. The van der Waals surface area contributed by atoms with Crippen LogP contribution in [0.25, 0.3) is 43.6 Å². The smallest absolute Gasteiger partial charge is 0.252 e. The van der Waals surface area contributed by atoms with Crippen molar-refractivity contribution in [2.75, 3.05) is 27.7 Å². The maximum absolute atomic E-state index is 13.0. The number of benzene rings is 3. The lowest BCUT2D eigenvalue weighted by molar-refractivity contribution is 0.0669. The van der Waals surface area contributed by atoms with E-state index in [2.05, 4.69) is 70.3 Å². The second-order valence-corrected chi connectivity index (χ2v) is 8.93. The Balaban J connectivity index is 1.79. The monoisotopic (exact) mass is 426 g/mol. The summed E-state index contributed by atoms with van der Waals surface area (Å²) in [6.07, 6.45) is 0.0384. The maximum atomic E-state index is 13.0. The van der Waals surface area contributed by atoms with E-state index >= 15 is 0 Å². The molecule has 0 spiro atoms. The minimum absolute atomic E-state index is 0.0101. The third-order valence-corrected chi connectivity index (χ3v) is 6.71. The molecular formula is C26H26N4O2. The molecule has 6 heteroatoms. The Bertz CT molecular complexity index is 1530. The molecule has 5 aromatic rings. The van der Waals surface area contributed by atoms with Crippen LogP contribution in [-0.2, 0) is 17.8 Å². The molecule has 6 rings (SSSR count). The molecule has 6 nitrogen and oxygen atoms in total. The Labute approximate surface area is 185 Å². The van der Waals surface area contributed by atoms with E-state index < -0.39 is 0 Å². The highest BCUT2D eigenvalue weighted by Crippen LogP contribution is 2.43. The number of H-pyrrole nitrogens is 1. The summed E-state index contributed by atoms with van der Waals surface area (Å²) >= 11 is 0. The fourth-order valence-electron chi connectivity index (χ4n) is 5.42. The van der Waals surface area contributed by atoms with Crippen molar-refractivity contribution in [3.63, 3.8) is 0 Å². The number of methoxy groups -OCH3 is 1. The molecule has 2 aromatic heterocycles. The summed E-state index contributed by atoms with van der Waals surface area (Å²) in [5, 5.41) is 7.52. The van der Waals surface area contributed by atoms with E-state index in [1.807, 2.05) is 12.1 Å². The highest BCUT2D eigenvalue weighted by Gasteiger charge is 2.30. The van der Waals surface area contributed by atoms with Gasteiger partial charge in [0, 0.05) is 52.8 Å². The summed E-state index contributed by atoms with van der Waals surface area (Å²) in [5.74, 6) is 0.0101. The quantitative estimate of drug-likeness (QED) is 0.442. The van der Waals surface area contributed by atoms with Crippen LogP contribution in [0.2, 0.25) is 0 Å². The molecule has 162 valence electrons. The first kappa shape index (κ1) is 19.3. The van der Waals surface area contributed by atoms with Crippen LogP contribution in [0.3, 0.4) is 0 Å². The predicted octanol–water partition coefficient (Wildman–Crippen LogP) is 4.25. The molecule has 0 bridgehead atoms. The number of ether oxygens (including phenoxy) is 1. The summed E-state index contributed by atoms with van der Waals surface area (Å²) in [7, 11) is 5.91. The molecule has 2 N–H and O–H groups in total. The number of aromatic nitrogens is 2. The molecule has 3 aromatic carbocycles. The van der Waals surface area contributed by atoms with Crippen molar-refractivity contribution in [1.82, 2.24) is 19.8 Å². The molecular weight excluding hydrogens is 400 g/mol. The van der Waals surface area contributed by atoms with Crippen LogP contribution < -0.4 is 5.32 Å². The predicted molar refractivity (Wildman–Crippen MR) is 129 cm³/mol. The van der Waals surface area contributed by atoms with Gasteiger partial charge in [-0.15, -0.1) is 0 Å². The largest absolute Gasteiger partial charge is 0.378 e. The third-order valence-electron chi connectivity index (χ3n) is 6.71. The van der Waals surface area contributed by atoms with E-state index in [0.717, 1.165) is 62.4 Å². The number of hydrogen-bond acceptors (Lipinski definition) is 3. The molecule has 0 aliphatic carbocycles. The van der Waals surface area contributed by atoms with E-state index in [4.69, 9.17) is 4.74 Å². The summed E-state index contributed by atoms with van der Waals surface area (Å²) < 4.78 is 8.25. The average molecular weight is 427 g/mol. The second-order valence-electron chi connectivity index (χ2n) is 8.93. The number of carbonyl (C=O) groups excluding carboxylic acids is 1. The van der Waals surface area contributed by atoms with Gasteiger partial charge in [-0.1, -0.05) is 36.4 Å². The van der Waals surface area contributed by atoms with Crippen LogP contribution in [0.4, 0.5) is 0 Å². The van der Waals surface area contributed by atoms with Crippen LogP contribution in [0, 0.1) is 0 Å². The van der Waals surface area contributed by atoms with Crippen LogP contribution in [0.1, 0.15) is 15.9 Å². The zero-order valence-electron chi connectivity index (χ0n) is 18.5. The van der Waals surface area contributed by atoms with Gasteiger partial charge in [0.25, 0.3) is 5.91 Å². The minimum Gasteiger partial charge on any atom is -0.378 e. The first-order valence-corrected chi connectivity index (χ1v) is 11.0. The van der Waals surface area contributed by atoms with Gasteiger partial charge in [-0.3, -0.25) is 4.79 Å². The molecule has 32 heavy (non-hydrogen) atoms. The number of hydrogen-bond donors (Lipinski definition) is 2. The summed E-state index contributed by atoms with van der Waals surface area (Å²) in [6.45, 7) is 2.11. The zero-order chi connectivity index (χ0) is 22.0. The molecule has 3 heterocycles. The van der Waals surface area contributed by atoms with Crippen LogP contribution in [-0.4, -0.2) is 54.2 Å². The number of fused-ring (bicyclic) bond motifs is 10. The van der Waals surface area contributed by atoms with E-state index in [-0.39, 0.29) is 12.0 Å². The van der Waals surface area contributed by atoms with Crippen molar-refractivity contribution < 1.29 is 9.53 Å². The first-order valence-electron chi connectivity index (χ1n) is 11.0. The standard InChI is InChI=1S/C26H26N4O2/c1-29(2)13-15(32-3)14-30-20-11-7-5-9-17(20)21-18-12-27-26(31)23(18)22-16-8-4-6-10-19(16)28-24(22)25(21)30/h4-11,15,28H,12-14H2,1-3H3,(H,27,31). The van der Waals surface area contributed by atoms with E-state index in [9.17, 15) is 4.79 Å².